The van der Waals surface area contributed by atoms with E-state index in [0.29, 0.717) is 25.7 Å². The molecule has 11 rings (SSSR count). The zero-order chi connectivity index (χ0) is 49.9. The number of hydrogen-bond donors (Lipinski definition) is 4. The van der Waals surface area contributed by atoms with Crippen molar-refractivity contribution in [3.8, 4) is 0 Å². The first kappa shape index (κ1) is 47.0. The maximum absolute atomic E-state index is 14.2. The van der Waals surface area contributed by atoms with E-state index in [1.165, 1.54) is 82.6 Å². The Morgan fingerprint density at radius 3 is 0.750 bits per heavy atom. The van der Waals surface area contributed by atoms with E-state index in [1.54, 1.807) is 48.5 Å². The second kappa shape index (κ2) is 19.0. The average Bonchev–Trinajstić information content (AvgIpc) is 4.32. The van der Waals surface area contributed by atoms with Crippen LogP contribution in [0.3, 0.4) is 0 Å². The lowest BCUT2D eigenvalue weighted by atomic mass is 9.94. The van der Waals surface area contributed by atoms with Crippen molar-refractivity contribution in [2.75, 3.05) is 26.2 Å². The van der Waals surface area contributed by atoms with Crippen molar-refractivity contribution in [1.29, 1.82) is 0 Å². The van der Waals surface area contributed by atoms with Crippen LogP contribution in [-0.4, -0.2) is 95.6 Å². The van der Waals surface area contributed by atoms with Crippen LogP contribution in [0.25, 0.3) is 0 Å². The standard InChI is InChI=1S/C56H52F4N6O6/c57-35-13-5-29(6-14-35)39-21-47(39)61-51(67)43-25-65(26-44(43)52(68)62-48-22-40(48)30-7-15-36(58)16-8-30)55(71)33-1-2-34(4-3-33)56(72)66-27-45(53(69)63-49-23-41(49)31-9-17-37(59)18-10-31)46(28-66)54(70)64-50-24-42(50)32-11-19-38(60)20-12-32/h1-20,39-50H,21-28H2,(H,61,67)(H,62,68)(H,63,69)(H,64,70)/t39-,40-,41-,42+,43-,44-,45-,46-,47+,48+,49+,50-/m1/s1. The molecule has 4 aliphatic carbocycles. The van der Waals surface area contributed by atoms with Gasteiger partial charge < -0.3 is 31.1 Å². The number of carbonyl (C=O) groups is 6. The Balaban J connectivity index is 0.757. The van der Waals surface area contributed by atoms with E-state index in [0.717, 1.165) is 22.3 Å². The van der Waals surface area contributed by atoms with Crippen molar-refractivity contribution in [3.05, 3.63) is 178 Å². The molecule has 4 N–H and O–H groups in total. The minimum atomic E-state index is -0.875. The van der Waals surface area contributed by atoms with E-state index in [-0.39, 0.29) is 132 Å². The van der Waals surface area contributed by atoms with Crippen molar-refractivity contribution in [2.24, 2.45) is 23.7 Å². The molecule has 6 aliphatic rings. The molecule has 5 aromatic carbocycles. The Kier molecular flexibility index (Phi) is 12.4. The van der Waals surface area contributed by atoms with Crippen LogP contribution in [0.15, 0.2) is 121 Å². The fraction of sp³-hybridized carbons (Fsp3) is 0.357. The number of hydrogen-bond acceptors (Lipinski definition) is 6. The molecular weight excluding hydrogens is 929 g/mol. The molecule has 6 amide bonds. The zero-order valence-electron chi connectivity index (χ0n) is 39.0. The Hall–Kier alpha value is -7.36. The molecule has 2 aliphatic heterocycles. The first-order valence-corrected chi connectivity index (χ1v) is 24.7. The van der Waals surface area contributed by atoms with Gasteiger partial charge in [0.2, 0.25) is 23.6 Å². The number of carbonyl (C=O) groups excluding carboxylic acids is 6. The number of nitrogens with zero attached hydrogens (tertiary/aromatic N) is 2. The van der Waals surface area contributed by atoms with Gasteiger partial charge in [-0.3, -0.25) is 28.8 Å². The molecular formula is C56H52F4N6O6. The maximum Gasteiger partial charge on any atom is 0.253 e. The molecule has 72 heavy (non-hydrogen) atoms. The van der Waals surface area contributed by atoms with Gasteiger partial charge in [0.1, 0.15) is 23.3 Å². The summed E-state index contributed by atoms with van der Waals surface area (Å²) < 4.78 is 54.5. The molecule has 12 atom stereocenters. The van der Waals surface area contributed by atoms with Crippen molar-refractivity contribution >= 4 is 35.4 Å². The van der Waals surface area contributed by atoms with Gasteiger partial charge in [-0.25, -0.2) is 17.6 Å². The SMILES string of the molecule is O=C(N[C@H]1C[C@@H]1c1ccc(F)cc1)[C@@H]1CN(C(=O)c2ccc(C(=O)N3C[C@@H](C(=O)N[C@H]4C[C@@H]4c4ccc(F)cc4)[C@H](C(=O)N[C@@H]4C[C@H]4c4ccc(F)cc4)C3)cc2)C[C@H]1C(=O)N[C@H]1C[C@@H]1c1ccc(F)cc1. The first-order chi connectivity index (χ1) is 34.7. The molecule has 2 heterocycles. The quantitative estimate of drug-likeness (QED) is 0.0957. The molecule has 2 saturated heterocycles. The fourth-order valence-corrected chi connectivity index (χ4v) is 11.0. The summed E-state index contributed by atoms with van der Waals surface area (Å²) in [7, 11) is 0. The van der Waals surface area contributed by atoms with Crippen LogP contribution in [0.4, 0.5) is 17.6 Å². The molecule has 0 spiro atoms. The summed E-state index contributed by atoms with van der Waals surface area (Å²) in [5.74, 6) is -7.34. The Morgan fingerprint density at radius 1 is 0.333 bits per heavy atom. The number of benzene rings is 5. The van der Waals surface area contributed by atoms with Crippen LogP contribution in [0.2, 0.25) is 0 Å². The lowest BCUT2D eigenvalue weighted by Crippen LogP contribution is -2.43. The Morgan fingerprint density at radius 2 is 0.542 bits per heavy atom. The minimum absolute atomic E-state index is 0.00850. The highest BCUT2D eigenvalue weighted by molar-refractivity contribution is 6.00. The molecule has 16 heteroatoms. The van der Waals surface area contributed by atoms with Gasteiger partial charge >= 0.3 is 0 Å². The van der Waals surface area contributed by atoms with Gasteiger partial charge in [-0.2, -0.15) is 0 Å². The van der Waals surface area contributed by atoms with Crippen molar-refractivity contribution in [1.82, 2.24) is 31.1 Å². The molecule has 0 unspecified atom stereocenters. The second-order valence-corrected chi connectivity index (χ2v) is 20.5. The Labute approximate surface area is 412 Å². The molecule has 5 aromatic rings. The molecule has 4 saturated carbocycles. The summed E-state index contributed by atoms with van der Waals surface area (Å²) in [6.45, 7) is -0.162. The highest BCUT2D eigenvalue weighted by Crippen LogP contribution is 2.45. The fourth-order valence-electron chi connectivity index (χ4n) is 11.0. The van der Waals surface area contributed by atoms with E-state index in [4.69, 9.17) is 0 Å². The number of nitrogens with one attached hydrogen (secondary N) is 4. The lowest BCUT2D eigenvalue weighted by molar-refractivity contribution is -0.133. The first-order valence-electron chi connectivity index (χ1n) is 24.7. The third-order valence-corrected chi connectivity index (χ3v) is 15.6. The summed E-state index contributed by atoms with van der Waals surface area (Å²) in [5.41, 5.74) is 4.00. The summed E-state index contributed by atoms with van der Waals surface area (Å²) in [6, 6.07) is 29.6. The number of amides is 6. The predicted octanol–water partition coefficient (Wildman–Crippen LogP) is 6.31. The normalized spacial score (nSPS) is 28.7. The van der Waals surface area contributed by atoms with Gasteiger partial charge in [-0.05, 0) is 121 Å². The summed E-state index contributed by atoms with van der Waals surface area (Å²) in [4.78, 5) is 87.2. The highest BCUT2D eigenvalue weighted by Gasteiger charge is 2.51. The summed E-state index contributed by atoms with van der Waals surface area (Å²) in [5, 5.41) is 12.2. The van der Waals surface area contributed by atoms with Gasteiger partial charge in [0.05, 0.1) is 23.7 Å². The van der Waals surface area contributed by atoms with Crippen LogP contribution in [0.1, 0.15) is 92.3 Å². The molecule has 6 fully saturated rings. The molecule has 12 nitrogen and oxygen atoms in total. The van der Waals surface area contributed by atoms with Crippen LogP contribution >= 0.6 is 0 Å². The minimum Gasteiger partial charge on any atom is -0.352 e. The number of rotatable bonds is 14. The topological polar surface area (TPSA) is 157 Å². The molecule has 0 radical (unpaired) electrons. The average molecular weight is 981 g/mol. The molecule has 370 valence electrons. The predicted molar refractivity (Wildman–Crippen MR) is 255 cm³/mol. The van der Waals surface area contributed by atoms with E-state index in [1.807, 2.05) is 0 Å². The highest BCUT2D eigenvalue weighted by atomic mass is 19.1. The zero-order valence-corrected chi connectivity index (χ0v) is 39.0. The summed E-state index contributed by atoms with van der Waals surface area (Å²) in [6.07, 6.45) is 2.59. The second-order valence-electron chi connectivity index (χ2n) is 20.5. The van der Waals surface area contributed by atoms with Gasteiger partial charge in [-0.1, -0.05) is 48.5 Å². The van der Waals surface area contributed by atoms with Crippen molar-refractivity contribution in [2.45, 2.75) is 73.5 Å². The maximum atomic E-state index is 14.2. The largest absolute Gasteiger partial charge is 0.352 e. The Bertz CT molecular complexity index is 2560. The monoisotopic (exact) mass is 980 g/mol. The lowest BCUT2D eigenvalue weighted by Gasteiger charge is -2.18. The van der Waals surface area contributed by atoms with Crippen LogP contribution < -0.4 is 21.3 Å². The third kappa shape index (κ3) is 9.95. The third-order valence-electron chi connectivity index (χ3n) is 15.6. The van der Waals surface area contributed by atoms with E-state index in [9.17, 15) is 46.3 Å². The van der Waals surface area contributed by atoms with Gasteiger partial charge in [0.15, 0.2) is 0 Å². The van der Waals surface area contributed by atoms with Crippen LogP contribution in [-0.2, 0) is 19.2 Å². The smallest absolute Gasteiger partial charge is 0.253 e. The van der Waals surface area contributed by atoms with E-state index < -0.39 is 35.5 Å². The molecule has 0 aromatic heterocycles. The molecule has 0 bridgehead atoms. The van der Waals surface area contributed by atoms with E-state index in [2.05, 4.69) is 21.3 Å². The summed E-state index contributed by atoms with van der Waals surface area (Å²) >= 11 is 0. The van der Waals surface area contributed by atoms with Gasteiger partial charge in [-0.15, -0.1) is 0 Å². The van der Waals surface area contributed by atoms with Crippen molar-refractivity contribution < 1.29 is 46.3 Å². The number of halogens is 4. The van der Waals surface area contributed by atoms with Gasteiger partial charge in [0, 0.05) is 85.1 Å². The van der Waals surface area contributed by atoms with Crippen LogP contribution in [0, 0.1) is 46.9 Å². The van der Waals surface area contributed by atoms with Crippen LogP contribution in [0.5, 0.6) is 0 Å². The van der Waals surface area contributed by atoms with Crippen molar-refractivity contribution in [3.63, 3.8) is 0 Å². The van der Waals surface area contributed by atoms with Gasteiger partial charge in [0.25, 0.3) is 11.8 Å². The number of likely N-dealkylation sites (tertiary alicyclic amines) is 2. The van der Waals surface area contributed by atoms with E-state index >= 15 is 0 Å².